The minimum atomic E-state index is 0.744. The Hall–Kier alpha value is -1.95. The number of rotatable bonds is 5. The number of aromatic nitrogens is 4. The summed E-state index contributed by atoms with van der Waals surface area (Å²) in [7, 11) is 2.11. The smallest absolute Gasteiger partial charge is 0.135 e. The lowest BCUT2D eigenvalue weighted by molar-refractivity contribution is 0.706. The fourth-order valence-electron chi connectivity index (χ4n) is 3.41. The summed E-state index contributed by atoms with van der Waals surface area (Å²) in [5.74, 6) is 3.90. The van der Waals surface area contributed by atoms with Gasteiger partial charge in [-0.25, -0.2) is 15.0 Å². The molecule has 2 aromatic rings. The van der Waals surface area contributed by atoms with Gasteiger partial charge in [0.25, 0.3) is 0 Å². The molecule has 0 radical (unpaired) electrons. The molecule has 1 aliphatic carbocycles. The molecule has 24 heavy (non-hydrogen) atoms. The van der Waals surface area contributed by atoms with E-state index in [1.165, 1.54) is 24.1 Å². The molecule has 2 aliphatic rings. The van der Waals surface area contributed by atoms with E-state index in [9.17, 15) is 0 Å². The molecule has 6 heteroatoms. The molecule has 0 saturated heterocycles. The molecule has 0 aromatic carbocycles. The van der Waals surface area contributed by atoms with Crippen LogP contribution in [0, 0.1) is 12.8 Å². The first-order chi connectivity index (χ1) is 11.7. The van der Waals surface area contributed by atoms with Crippen LogP contribution in [0.3, 0.4) is 0 Å². The molecule has 1 aliphatic heterocycles. The van der Waals surface area contributed by atoms with Crippen LogP contribution in [-0.4, -0.2) is 40.1 Å². The molecule has 3 heterocycles. The van der Waals surface area contributed by atoms with Crippen molar-refractivity contribution in [1.29, 1.82) is 0 Å². The Balaban J connectivity index is 1.65. The van der Waals surface area contributed by atoms with Crippen LogP contribution in [0.5, 0.6) is 0 Å². The molecule has 1 fully saturated rings. The highest BCUT2D eigenvalue weighted by Crippen LogP contribution is 2.33. The maximum atomic E-state index is 4.96. The predicted octanol–water partition coefficient (Wildman–Crippen LogP) is 1.79. The van der Waals surface area contributed by atoms with Crippen LogP contribution in [-0.2, 0) is 25.8 Å². The molecule has 6 nitrogen and oxygen atoms in total. The normalized spacial score (nSPS) is 17.4. The lowest BCUT2D eigenvalue weighted by Crippen LogP contribution is -2.23. The lowest BCUT2D eigenvalue weighted by Gasteiger charge is -2.22. The molecule has 0 unspecified atom stereocenters. The van der Waals surface area contributed by atoms with Crippen molar-refractivity contribution >= 4 is 5.82 Å². The van der Waals surface area contributed by atoms with Crippen molar-refractivity contribution in [3.8, 4) is 0 Å². The third-order valence-corrected chi connectivity index (χ3v) is 4.88. The molecule has 2 aromatic heterocycles. The minimum Gasteiger partial charge on any atom is -0.352 e. The van der Waals surface area contributed by atoms with Crippen molar-refractivity contribution in [2.24, 2.45) is 5.92 Å². The Bertz CT molecular complexity index is 718. The number of nitrogens with zero attached hydrogens (tertiary/aromatic N) is 4. The van der Waals surface area contributed by atoms with Gasteiger partial charge in [-0.15, -0.1) is 0 Å². The summed E-state index contributed by atoms with van der Waals surface area (Å²) in [5, 5.41) is 3.48. The molecule has 128 valence electrons. The van der Waals surface area contributed by atoms with Crippen molar-refractivity contribution in [2.75, 3.05) is 25.0 Å². The Kier molecular flexibility index (Phi) is 4.22. The Morgan fingerprint density at radius 2 is 2.04 bits per heavy atom. The first-order valence-electron chi connectivity index (χ1n) is 9.00. The quantitative estimate of drug-likeness (QED) is 0.876. The number of fused-ring (bicyclic) bond motifs is 1. The average molecular weight is 326 g/mol. The molecule has 1 saturated carbocycles. The van der Waals surface area contributed by atoms with Gasteiger partial charge >= 0.3 is 0 Å². The summed E-state index contributed by atoms with van der Waals surface area (Å²) in [6, 6.07) is 0. The van der Waals surface area contributed by atoms with Crippen molar-refractivity contribution in [3.05, 3.63) is 34.8 Å². The second kappa shape index (κ2) is 6.51. The molecule has 0 bridgehead atoms. The van der Waals surface area contributed by atoms with E-state index in [-0.39, 0.29) is 0 Å². The van der Waals surface area contributed by atoms with Crippen LogP contribution < -0.4 is 10.2 Å². The number of H-pyrrole nitrogens is 1. The largest absolute Gasteiger partial charge is 0.352 e. The Labute approximate surface area is 143 Å². The molecule has 0 spiro atoms. The molecular weight excluding hydrogens is 300 g/mol. The van der Waals surface area contributed by atoms with Crippen LogP contribution in [0.2, 0.25) is 0 Å². The van der Waals surface area contributed by atoms with Gasteiger partial charge in [0.05, 0.1) is 12.2 Å². The fourth-order valence-corrected chi connectivity index (χ4v) is 3.41. The van der Waals surface area contributed by atoms with E-state index in [1.54, 1.807) is 0 Å². The molecule has 0 atom stereocenters. The zero-order valence-corrected chi connectivity index (χ0v) is 14.6. The average Bonchev–Trinajstić information content (AvgIpc) is 3.32. The predicted molar refractivity (Wildman–Crippen MR) is 94.2 cm³/mol. The molecule has 0 amide bonds. The highest BCUT2D eigenvalue weighted by molar-refractivity contribution is 5.49. The number of aryl methyl sites for hydroxylation is 1. The first kappa shape index (κ1) is 15.6. The van der Waals surface area contributed by atoms with E-state index in [2.05, 4.69) is 27.2 Å². The molecule has 2 N–H and O–H groups in total. The van der Waals surface area contributed by atoms with Crippen LogP contribution in [0.15, 0.2) is 6.20 Å². The van der Waals surface area contributed by atoms with E-state index >= 15 is 0 Å². The summed E-state index contributed by atoms with van der Waals surface area (Å²) >= 11 is 0. The van der Waals surface area contributed by atoms with E-state index in [0.717, 1.165) is 68.0 Å². The highest BCUT2D eigenvalue weighted by atomic mass is 15.2. The number of nitrogens with one attached hydrogen (secondary N) is 2. The topological polar surface area (TPSA) is 69.7 Å². The van der Waals surface area contributed by atoms with E-state index in [1.807, 2.05) is 13.1 Å². The van der Waals surface area contributed by atoms with Gasteiger partial charge in [0, 0.05) is 43.9 Å². The SMILES string of the molecule is Cc1cnc(CN(C)c2nc(CC3CC3)nc3c2CCNCC3)[nH]1. The summed E-state index contributed by atoms with van der Waals surface area (Å²) in [4.78, 5) is 19.8. The van der Waals surface area contributed by atoms with Crippen molar-refractivity contribution in [1.82, 2.24) is 25.3 Å². The van der Waals surface area contributed by atoms with Crippen LogP contribution in [0.1, 0.15) is 41.4 Å². The number of hydrogen-bond acceptors (Lipinski definition) is 5. The highest BCUT2D eigenvalue weighted by Gasteiger charge is 2.25. The maximum absolute atomic E-state index is 4.96. The summed E-state index contributed by atoms with van der Waals surface area (Å²) in [6.45, 7) is 4.78. The van der Waals surface area contributed by atoms with Gasteiger partial charge in [0.1, 0.15) is 17.5 Å². The van der Waals surface area contributed by atoms with E-state index < -0.39 is 0 Å². The van der Waals surface area contributed by atoms with Crippen LogP contribution in [0.4, 0.5) is 5.82 Å². The van der Waals surface area contributed by atoms with Gasteiger partial charge in [0.2, 0.25) is 0 Å². The summed E-state index contributed by atoms with van der Waals surface area (Å²) < 4.78 is 0. The number of imidazole rings is 1. The number of anilines is 1. The Morgan fingerprint density at radius 1 is 1.21 bits per heavy atom. The standard InChI is InChI=1S/C18H26N6/c1-12-10-20-17(21-12)11-24(2)18-14-5-7-19-8-6-15(14)22-16(23-18)9-13-3-4-13/h10,13,19H,3-9,11H2,1-2H3,(H,20,21). The second-order valence-electron chi connectivity index (χ2n) is 7.16. The first-order valence-corrected chi connectivity index (χ1v) is 9.00. The third-order valence-electron chi connectivity index (χ3n) is 4.88. The van der Waals surface area contributed by atoms with Gasteiger partial charge in [-0.1, -0.05) is 0 Å². The van der Waals surface area contributed by atoms with Crippen molar-refractivity contribution in [3.63, 3.8) is 0 Å². The fraction of sp³-hybridized carbons (Fsp3) is 0.611. The third kappa shape index (κ3) is 3.43. The van der Waals surface area contributed by atoms with Gasteiger partial charge in [0.15, 0.2) is 0 Å². The van der Waals surface area contributed by atoms with Crippen LogP contribution >= 0.6 is 0 Å². The monoisotopic (exact) mass is 326 g/mol. The van der Waals surface area contributed by atoms with Gasteiger partial charge in [-0.05, 0) is 38.6 Å². The number of hydrogen-bond donors (Lipinski definition) is 2. The van der Waals surface area contributed by atoms with E-state index in [4.69, 9.17) is 9.97 Å². The molecular formula is C18H26N6. The number of aromatic amines is 1. The maximum Gasteiger partial charge on any atom is 0.135 e. The Morgan fingerprint density at radius 3 is 2.79 bits per heavy atom. The van der Waals surface area contributed by atoms with Gasteiger partial charge in [-0.3, -0.25) is 0 Å². The summed E-state index contributed by atoms with van der Waals surface area (Å²) in [6.07, 6.45) is 7.57. The summed E-state index contributed by atoms with van der Waals surface area (Å²) in [5.41, 5.74) is 3.65. The van der Waals surface area contributed by atoms with Crippen LogP contribution in [0.25, 0.3) is 0 Å². The zero-order valence-electron chi connectivity index (χ0n) is 14.6. The van der Waals surface area contributed by atoms with Crippen molar-refractivity contribution < 1.29 is 0 Å². The minimum absolute atomic E-state index is 0.744. The lowest BCUT2D eigenvalue weighted by atomic mass is 10.1. The van der Waals surface area contributed by atoms with E-state index in [0.29, 0.717) is 0 Å². The van der Waals surface area contributed by atoms with Gasteiger partial charge < -0.3 is 15.2 Å². The molecule has 4 rings (SSSR count). The second-order valence-corrected chi connectivity index (χ2v) is 7.16. The van der Waals surface area contributed by atoms with Crippen molar-refractivity contribution in [2.45, 2.75) is 45.6 Å². The van der Waals surface area contributed by atoms with Gasteiger partial charge in [-0.2, -0.15) is 0 Å². The zero-order chi connectivity index (χ0) is 16.5.